The number of anilines is 1. The van der Waals surface area contributed by atoms with Crippen LogP contribution in [-0.2, 0) is 4.74 Å². The maximum Gasteiger partial charge on any atom is 0.256 e. The van der Waals surface area contributed by atoms with E-state index in [1.54, 1.807) is 29.2 Å². The summed E-state index contributed by atoms with van der Waals surface area (Å²) in [7, 11) is 0. The first-order chi connectivity index (χ1) is 12.6. The molecule has 0 spiro atoms. The van der Waals surface area contributed by atoms with Gasteiger partial charge in [0.2, 0.25) is 0 Å². The molecule has 1 N–H and O–H groups in total. The lowest BCUT2D eigenvalue weighted by molar-refractivity contribution is 0.0303. The van der Waals surface area contributed by atoms with Crippen molar-refractivity contribution in [3.8, 4) is 0 Å². The van der Waals surface area contributed by atoms with Crippen molar-refractivity contribution in [2.45, 2.75) is 4.90 Å². The van der Waals surface area contributed by atoms with Crippen LogP contribution in [0.3, 0.4) is 0 Å². The number of rotatable bonds is 4. The minimum atomic E-state index is -0.220. The Morgan fingerprint density at radius 2 is 1.85 bits per heavy atom. The van der Waals surface area contributed by atoms with Crippen molar-refractivity contribution >= 4 is 40.9 Å². The molecule has 2 amide bonds. The molecule has 1 fully saturated rings. The highest BCUT2D eigenvalue weighted by Crippen LogP contribution is 2.25. The Balaban J connectivity index is 1.81. The number of benzene rings is 2. The molecule has 0 bridgehead atoms. The van der Waals surface area contributed by atoms with E-state index in [-0.39, 0.29) is 11.8 Å². The predicted octanol–water partition coefficient (Wildman–Crippen LogP) is 3.79. The minimum absolute atomic E-state index is 0.154. The fourth-order valence-electron chi connectivity index (χ4n) is 2.73. The van der Waals surface area contributed by atoms with Gasteiger partial charge in [0.25, 0.3) is 11.8 Å². The molecule has 1 aliphatic heterocycles. The normalized spacial score (nSPS) is 14.2. The highest BCUT2D eigenvalue weighted by Gasteiger charge is 2.21. The van der Waals surface area contributed by atoms with Crippen LogP contribution < -0.4 is 5.32 Å². The Bertz CT molecular complexity index is 822. The minimum Gasteiger partial charge on any atom is -0.378 e. The second-order valence-electron chi connectivity index (χ2n) is 5.75. The van der Waals surface area contributed by atoms with Gasteiger partial charge in [0.05, 0.1) is 29.4 Å². The molecule has 5 nitrogen and oxygen atoms in total. The standard InChI is InChI=1S/C19H19ClN2O3S/c1-26-17-5-3-2-4-14(17)18(23)21-13-6-7-16(20)15(12-13)19(24)22-8-10-25-11-9-22/h2-7,12H,8-11H2,1H3,(H,21,23). The van der Waals surface area contributed by atoms with Crippen LogP contribution in [0.15, 0.2) is 47.4 Å². The van der Waals surface area contributed by atoms with Gasteiger partial charge in [0, 0.05) is 23.7 Å². The SMILES string of the molecule is CSc1ccccc1C(=O)Nc1ccc(Cl)c(C(=O)N2CCOCC2)c1. The van der Waals surface area contributed by atoms with E-state index < -0.39 is 0 Å². The van der Waals surface area contributed by atoms with Gasteiger partial charge in [-0.25, -0.2) is 0 Å². The summed E-state index contributed by atoms with van der Waals surface area (Å²) in [6, 6.07) is 12.3. The summed E-state index contributed by atoms with van der Waals surface area (Å²) in [4.78, 5) is 27.9. The highest BCUT2D eigenvalue weighted by atomic mass is 35.5. The highest BCUT2D eigenvalue weighted by molar-refractivity contribution is 7.98. The molecular weight excluding hydrogens is 372 g/mol. The maximum absolute atomic E-state index is 12.7. The van der Waals surface area contributed by atoms with Crippen LogP contribution in [0.1, 0.15) is 20.7 Å². The van der Waals surface area contributed by atoms with Gasteiger partial charge in [-0.1, -0.05) is 23.7 Å². The lowest BCUT2D eigenvalue weighted by atomic mass is 10.1. The van der Waals surface area contributed by atoms with Crippen molar-refractivity contribution in [1.82, 2.24) is 4.90 Å². The zero-order valence-electron chi connectivity index (χ0n) is 14.3. The molecule has 0 aromatic heterocycles. The molecule has 0 radical (unpaired) electrons. The zero-order chi connectivity index (χ0) is 18.5. The molecule has 1 heterocycles. The molecule has 0 unspecified atom stereocenters. The van der Waals surface area contributed by atoms with Crippen LogP contribution in [-0.4, -0.2) is 49.3 Å². The monoisotopic (exact) mass is 390 g/mol. The molecule has 2 aromatic carbocycles. The van der Waals surface area contributed by atoms with Crippen molar-refractivity contribution in [1.29, 1.82) is 0 Å². The first kappa shape index (κ1) is 18.8. The van der Waals surface area contributed by atoms with Crippen LogP contribution in [0, 0.1) is 0 Å². The fraction of sp³-hybridized carbons (Fsp3) is 0.263. The molecule has 1 aliphatic rings. The third kappa shape index (κ3) is 4.20. The summed E-state index contributed by atoms with van der Waals surface area (Å²) >= 11 is 7.73. The van der Waals surface area contributed by atoms with Gasteiger partial charge < -0.3 is 15.0 Å². The third-order valence-corrected chi connectivity index (χ3v) is 5.23. The van der Waals surface area contributed by atoms with Crippen molar-refractivity contribution < 1.29 is 14.3 Å². The van der Waals surface area contributed by atoms with E-state index >= 15 is 0 Å². The first-order valence-corrected chi connectivity index (χ1v) is 9.81. The van der Waals surface area contributed by atoms with Gasteiger partial charge in [0.15, 0.2) is 0 Å². The number of carbonyl (C=O) groups excluding carboxylic acids is 2. The molecule has 7 heteroatoms. The van der Waals surface area contributed by atoms with E-state index in [9.17, 15) is 9.59 Å². The van der Waals surface area contributed by atoms with Gasteiger partial charge in [-0.15, -0.1) is 11.8 Å². The van der Waals surface area contributed by atoms with Gasteiger partial charge in [-0.2, -0.15) is 0 Å². The largest absolute Gasteiger partial charge is 0.378 e. The predicted molar refractivity (Wildman–Crippen MR) is 104 cm³/mol. The summed E-state index contributed by atoms with van der Waals surface area (Å²) in [5.74, 6) is -0.374. The van der Waals surface area contributed by atoms with E-state index in [2.05, 4.69) is 5.32 Å². The van der Waals surface area contributed by atoms with E-state index in [1.165, 1.54) is 11.8 Å². The molecule has 2 aromatic rings. The zero-order valence-corrected chi connectivity index (χ0v) is 15.9. The number of halogens is 1. The smallest absolute Gasteiger partial charge is 0.256 e. The quantitative estimate of drug-likeness (QED) is 0.807. The number of nitrogens with zero attached hydrogens (tertiary/aromatic N) is 1. The van der Waals surface area contributed by atoms with Crippen LogP contribution in [0.25, 0.3) is 0 Å². The third-order valence-electron chi connectivity index (χ3n) is 4.10. The van der Waals surface area contributed by atoms with Crippen molar-refractivity contribution in [2.75, 3.05) is 37.9 Å². The summed E-state index contributed by atoms with van der Waals surface area (Å²) in [5.41, 5.74) is 1.51. The Kier molecular flexibility index (Phi) is 6.19. The number of amides is 2. The van der Waals surface area contributed by atoms with Crippen LogP contribution in [0.2, 0.25) is 5.02 Å². The summed E-state index contributed by atoms with van der Waals surface area (Å²) in [5, 5.41) is 3.22. The number of ether oxygens (including phenoxy) is 1. The molecule has 136 valence electrons. The average molecular weight is 391 g/mol. The molecule has 26 heavy (non-hydrogen) atoms. The Morgan fingerprint density at radius 1 is 1.12 bits per heavy atom. The maximum atomic E-state index is 12.7. The molecular formula is C19H19ClN2O3S. The number of carbonyl (C=O) groups is 2. The number of hydrogen-bond acceptors (Lipinski definition) is 4. The van der Waals surface area contributed by atoms with Gasteiger partial charge in [-0.3, -0.25) is 9.59 Å². The van der Waals surface area contributed by atoms with Crippen LogP contribution >= 0.6 is 23.4 Å². The van der Waals surface area contributed by atoms with Gasteiger partial charge in [-0.05, 0) is 36.6 Å². The van der Waals surface area contributed by atoms with Crippen molar-refractivity contribution in [3.05, 3.63) is 58.6 Å². The molecule has 0 saturated carbocycles. The van der Waals surface area contributed by atoms with E-state index in [1.807, 2.05) is 24.5 Å². The first-order valence-electron chi connectivity index (χ1n) is 8.21. The van der Waals surface area contributed by atoms with Crippen molar-refractivity contribution in [3.63, 3.8) is 0 Å². The number of morpholine rings is 1. The molecule has 0 aliphatic carbocycles. The van der Waals surface area contributed by atoms with Gasteiger partial charge >= 0.3 is 0 Å². The molecule has 3 rings (SSSR count). The number of thioether (sulfide) groups is 1. The summed E-state index contributed by atoms with van der Waals surface area (Å²) in [6.45, 7) is 2.11. The second kappa shape index (κ2) is 8.58. The van der Waals surface area contributed by atoms with E-state index in [0.717, 1.165) is 4.90 Å². The number of nitrogens with one attached hydrogen (secondary N) is 1. The Labute approximate surface area is 161 Å². The van der Waals surface area contributed by atoms with Crippen molar-refractivity contribution in [2.24, 2.45) is 0 Å². The topological polar surface area (TPSA) is 58.6 Å². The van der Waals surface area contributed by atoms with Crippen LogP contribution in [0.5, 0.6) is 0 Å². The Hall–Kier alpha value is -2.02. The van der Waals surface area contributed by atoms with Crippen LogP contribution in [0.4, 0.5) is 5.69 Å². The lowest BCUT2D eigenvalue weighted by Crippen LogP contribution is -2.40. The summed E-state index contributed by atoms with van der Waals surface area (Å²) in [6.07, 6.45) is 1.92. The van der Waals surface area contributed by atoms with E-state index in [4.69, 9.17) is 16.3 Å². The second-order valence-corrected chi connectivity index (χ2v) is 7.01. The lowest BCUT2D eigenvalue weighted by Gasteiger charge is -2.27. The molecule has 1 saturated heterocycles. The average Bonchev–Trinajstić information content (AvgIpc) is 2.69. The van der Waals surface area contributed by atoms with Gasteiger partial charge in [0.1, 0.15) is 0 Å². The van der Waals surface area contributed by atoms with E-state index in [0.29, 0.717) is 48.1 Å². The molecule has 0 atom stereocenters. The number of hydrogen-bond donors (Lipinski definition) is 1. The fourth-order valence-corrected chi connectivity index (χ4v) is 3.53. The summed E-state index contributed by atoms with van der Waals surface area (Å²) < 4.78 is 5.28. The Morgan fingerprint density at radius 3 is 2.58 bits per heavy atom.